The van der Waals surface area contributed by atoms with Gasteiger partial charge in [-0.1, -0.05) is 0 Å². The Balaban J connectivity index is 2.77. The van der Waals surface area contributed by atoms with Crippen molar-refractivity contribution < 1.29 is 14.3 Å². The Morgan fingerprint density at radius 3 is 2.63 bits per heavy atom. The number of rotatable bonds is 6. The van der Waals surface area contributed by atoms with Crippen molar-refractivity contribution in [1.29, 1.82) is 0 Å². The Bertz CT molecular complexity index is 486. The monoisotopic (exact) mass is 265 g/mol. The number of primary amides is 1. The summed E-state index contributed by atoms with van der Waals surface area (Å²) in [5.74, 6) is -0.799. The highest BCUT2D eigenvalue weighted by Crippen LogP contribution is 2.23. The molecule has 5 N–H and O–H groups in total. The van der Waals surface area contributed by atoms with Crippen molar-refractivity contribution in [3.63, 3.8) is 0 Å². The average Bonchev–Trinajstić information content (AvgIpc) is 2.37. The number of anilines is 2. The maximum Gasteiger partial charge on any atom is 0.340 e. The number of benzene rings is 1. The molecule has 0 fully saturated rings. The lowest BCUT2D eigenvalue weighted by Crippen LogP contribution is -2.13. The Morgan fingerprint density at radius 1 is 1.37 bits per heavy atom. The number of ether oxygens (including phenoxy) is 1. The zero-order chi connectivity index (χ0) is 14.4. The van der Waals surface area contributed by atoms with Crippen LogP contribution in [0.25, 0.3) is 0 Å². The highest BCUT2D eigenvalue weighted by atomic mass is 16.5. The molecule has 1 rings (SSSR count). The SMILES string of the molecule is COC(=O)c1cc(NCCCC(N)=O)cc(C)c1N. The van der Waals surface area contributed by atoms with Gasteiger partial charge in [0.05, 0.1) is 12.7 Å². The van der Waals surface area contributed by atoms with Gasteiger partial charge < -0.3 is 21.5 Å². The van der Waals surface area contributed by atoms with E-state index in [0.717, 1.165) is 11.3 Å². The Morgan fingerprint density at radius 2 is 2.05 bits per heavy atom. The average molecular weight is 265 g/mol. The minimum Gasteiger partial charge on any atom is -0.465 e. The van der Waals surface area contributed by atoms with E-state index in [9.17, 15) is 9.59 Å². The molecule has 0 bridgehead atoms. The highest BCUT2D eigenvalue weighted by Gasteiger charge is 2.13. The predicted molar refractivity (Wildman–Crippen MR) is 73.8 cm³/mol. The summed E-state index contributed by atoms with van der Waals surface area (Å²) in [4.78, 5) is 22.2. The number of nitrogen functional groups attached to an aromatic ring is 1. The molecule has 1 aromatic carbocycles. The van der Waals surface area contributed by atoms with Crippen LogP contribution >= 0.6 is 0 Å². The van der Waals surface area contributed by atoms with Crippen molar-refractivity contribution >= 4 is 23.3 Å². The second-order valence-electron chi connectivity index (χ2n) is 4.24. The molecule has 0 saturated heterocycles. The van der Waals surface area contributed by atoms with E-state index in [0.29, 0.717) is 30.6 Å². The van der Waals surface area contributed by atoms with Crippen molar-refractivity contribution in [3.8, 4) is 0 Å². The van der Waals surface area contributed by atoms with Crippen molar-refractivity contribution in [2.24, 2.45) is 5.73 Å². The first-order valence-corrected chi connectivity index (χ1v) is 5.96. The van der Waals surface area contributed by atoms with Gasteiger partial charge in [-0.05, 0) is 31.0 Å². The molecular weight excluding hydrogens is 246 g/mol. The standard InChI is InChI=1S/C13H19N3O3/c1-8-6-9(16-5-3-4-11(14)17)7-10(12(8)15)13(18)19-2/h6-7,16H,3-5,15H2,1-2H3,(H2,14,17). The summed E-state index contributed by atoms with van der Waals surface area (Å²) in [6.07, 6.45) is 0.955. The van der Waals surface area contributed by atoms with E-state index in [-0.39, 0.29) is 5.91 Å². The molecule has 0 aliphatic carbocycles. The van der Waals surface area contributed by atoms with Crippen LogP contribution < -0.4 is 16.8 Å². The van der Waals surface area contributed by atoms with Gasteiger partial charge in [-0.3, -0.25) is 4.79 Å². The molecule has 104 valence electrons. The zero-order valence-electron chi connectivity index (χ0n) is 11.2. The molecule has 6 heteroatoms. The number of hydrogen-bond acceptors (Lipinski definition) is 5. The van der Waals surface area contributed by atoms with Gasteiger partial charge >= 0.3 is 5.97 Å². The molecule has 6 nitrogen and oxygen atoms in total. The van der Waals surface area contributed by atoms with E-state index in [1.807, 2.05) is 13.0 Å². The molecular formula is C13H19N3O3. The van der Waals surface area contributed by atoms with Crippen LogP contribution in [0.3, 0.4) is 0 Å². The second-order valence-corrected chi connectivity index (χ2v) is 4.24. The molecule has 1 aromatic rings. The van der Waals surface area contributed by atoms with Crippen LogP contribution in [0.2, 0.25) is 0 Å². The quantitative estimate of drug-likeness (QED) is 0.404. The maximum absolute atomic E-state index is 11.6. The fourth-order valence-corrected chi connectivity index (χ4v) is 1.67. The number of carbonyl (C=O) groups excluding carboxylic acids is 2. The lowest BCUT2D eigenvalue weighted by Gasteiger charge is -2.12. The number of esters is 1. The van der Waals surface area contributed by atoms with Gasteiger partial charge in [0.2, 0.25) is 5.91 Å². The van der Waals surface area contributed by atoms with Crippen LogP contribution in [0.1, 0.15) is 28.8 Å². The molecule has 0 aromatic heterocycles. The zero-order valence-corrected chi connectivity index (χ0v) is 11.2. The third-order valence-corrected chi connectivity index (χ3v) is 2.72. The first kappa shape index (κ1) is 14.8. The molecule has 0 unspecified atom stereocenters. The fraction of sp³-hybridized carbons (Fsp3) is 0.385. The summed E-state index contributed by atoms with van der Waals surface area (Å²) < 4.78 is 4.68. The molecule has 0 atom stereocenters. The predicted octanol–water partition coefficient (Wildman–Crippen LogP) is 1.04. The number of aryl methyl sites for hydroxylation is 1. The number of nitrogens with two attached hydrogens (primary N) is 2. The molecule has 0 heterocycles. The summed E-state index contributed by atoms with van der Waals surface area (Å²) in [5, 5.41) is 3.12. The summed E-state index contributed by atoms with van der Waals surface area (Å²) >= 11 is 0. The number of carbonyl (C=O) groups is 2. The first-order chi connectivity index (χ1) is 8.95. The minimum atomic E-state index is -0.471. The molecule has 0 radical (unpaired) electrons. The topological polar surface area (TPSA) is 107 Å². The maximum atomic E-state index is 11.6. The summed E-state index contributed by atoms with van der Waals surface area (Å²) in [7, 11) is 1.31. The van der Waals surface area contributed by atoms with Crippen molar-refractivity contribution in [2.75, 3.05) is 24.7 Å². The van der Waals surface area contributed by atoms with E-state index in [1.165, 1.54) is 7.11 Å². The largest absolute Gasteiger partial charge is 0.465 e. The van der Waals surface area contributed by atoms with Gasteiger partial charge in [-0.15, -0.1) is 0 Å². The normalized spacial score (nSPS) is 10.0. The summed E-state index contributed by atoms with van der Waals surface area (Å²) in [5.41, 5.74) is 13.2. The van der Waals surface area contributed by atoms with Crippen LogP contribution in [-0.4, -0.2) is 25.5 Å². The molecule has 19 heavy (non-hydrogen) atoms. The molecule has 0 saturated carbocycles. The van der Waals surface area contributed by atoms with Crippen LogP contribution in [0.4, 0.5) is 11.4 Å². The van der Waals surface area contributed by atoms with Gasteiger partial charge in [-0.25, -0.2) is 4.79 Å². The van der Waals surface area contributed by atoms with Gasteiger partial charge in [0.15, 0.2) is 0 Å². The smallest absolute Gasteiger partial charge is 0.340 e. The van der Waals surface area contributed by atoms with E-state index in [4.69, 9.17) is 11.5 Å². The number of amides is 1. The molecule has 0 aliphatic rings. The van der Waals surface area contributed by atoms with E-state index >= 15 is 0 Å². The lowest BCUT2D eigenvalue weighted by molar-refractivity contribution is -0.118. The third-order valence-electron chi connectivity index (χ3n) is 2.72. The highest BCUT2D eigenvalue weighted by molar-refractivity contribution is 5.97. The number of nitrogens with one attached hydrogen (secondary N) is 1. The van der Waals surface area contributed by atoms with Crippen molar-refractivity contribution in [1.82, 2.24) is 0 Å². The van der Waals surface area contributed by atoms with Gasteiger partial charge in [-0.2, -0.15) is 0 Å². The Kier molecular flexibility index (Phi) is 5.17. The first-order valence-electron chi connectivity index (χ1n) is 5.96. The van der Waals surface area contributed by atoms with Crippen LogP contribution in [-0.2, 0) is 9.53 Å². The van der Waals surface area contributed by atoms with Crippen LogP contribution in [0.5, 0.6) is 0 Å². The van der Waals surface area contributed by atoms with Crippen molar-refractivity contribution in [3.05, 3.63) is 23.3 Å². The molecule has 1 amide bonds. The third kappa shape index (κ3) is 4.17. The second kappa shape index (κ2) is 6.63. The molecule has 0 aliphatic heterocycles. The van der Waals surface area contributed by atoms with Gasteiger partial charge in [0, 0.05) is 24.3 Å². The van der Waals surface area contributed by atoms with Gasteiger partial charge in [0.25, 0.3) is 0 Å². The van der Waals surface area contributed by atoms with E-state index in [1.54, 1.807) is 6.07 Å². The molecule has 0 spiro atoms. The van der Waals surface area contributed by atoms with E-state index < -0.39 is 5.97 Å². The Hall–Kier alpha value is -2.24. The Labute approximate surface area is 112 Å². The van der Waals surface area contributed by atoms with Crippen LogP contribution in [0.15, 0.2) is 12.1 Å². The van der Waals surface area contributed by atoms with Gasteiger partial charge in [0.1, 0.15) is 0 Å². The minimum absolute atomic E-state index is 0.324. The fourth-order valence-electron chi connectivity index (χ4n) is 1.67. The number of hydrogen-bond donors (Lipinski definition) is 3. The number of methoxy groups -OCH3 is 1. The summed E-state index contributed by atoms with van der Waals surface area (Å²) in [6.45, 7) is 2.41. The van der Waals surface area contributed by atoms with E-state index in [2.05, 4.69) is 10.1 Å². The van der Waals surface area contributed by atoms with Crippen LogP contribution in [0, 0.1) is 6.92 Å². The van der Waals surface area contributed by atoms with Crippen molar-refractivity contribution in [2.45, 2.75) is 19.8 Å². The summed E-state index contributed by atoms with van der Waals surface area (Å²) in [6, 6.07) is 3.48. The lowest BCUT2D eigenvalue weighted by atomic mass is 10.1.